The summed E-state index contributed by atoms with van der Waals surface area (Å²) in [5.74, 6) is 0. The molecule has 1 N–H and O–H groups in total. The molecule has 5 nitrogen and oxygen atoms in total. The first-order valence-electron chi connectivity index (χ1n) is 6.95. The molecule has 0 aromatic heterocycles. The Labute approximate surface area is 134 Å². The van der Waals surface area contributed by atoms with E-state index in [1.165, 1.54) is 0 Å². The Morgan fingerprint density at radius 2 is 1.78 bits per heavy atom. The molecule has 23 heavy (non-hydrogen) atoms. The molecule has 0 radical (unpaired) electrons. The Hall–Kier alpha value is -1.45. The van der Waals surface area contributed by atoms with Crippen molar-refractivity contribution >= 4 is 18.0 Å². The van der Waals surface area contributed by atoms with Crippen LogP contribution in [0.3, 0.4) is 0 Å². The number of epoxide rings is 2. The van der Waals surface area contributed by atoms with Crippen LogP contribution >= 0.6 is 11.9 Å². The van der Waals surface area contributed by atoms with Crippen LogP contribution in [0.1, 0.15) is 28.9 Å². The molecule has 2 atom stereocenters. The number of halogens is 3. The maximum Gasteiger partial charge on any atom is 0.461 e. The summed E-state index contributed by atoms with van der Waals surface area (Å²) in [5.41, 5.74) is -1.51. The lowest BCUT2D eigenvalue weighted by molar-refractivity contribution is -0.0336. The van der Waals surface area contributed by atoms with Crippen LogP contribution in [-0.2, 0) is 20.6 Å². The zero-order valence-electron chi connectivity index (χ0n) is 11.9. The van der Waals surface area contributed by atoms with E-state index in [0.29, 0.717) is 19.6 Å². The third-order valence-electron chi connectivity index (χ3n) is 3.32. The van der Waals surface area contributed by atoms with Crippen molar-refractivity contribution in [3.05, 3.63) is 34.9 Å². The molecule has 2 fully saturated rings. The summed E-state index contributed by atoms with van der Waals surface area (Å²) in [6.07, 6.45) is -0.510. The second kappa shape index (κ2) is 6.58. The average Bonchev–Trinajstić information content (AvgIpc) is 3.37. The molecule has 1 amide bonds. The molecular weight excluding hydrogens is 335 g/mol. The fraction of sp³-hybridized carbons (Fsp3) is 0.500. The summed E-state index contributed by atoms with van der Waals surface area (Å²) in [4.78, 5) is 11.2. The van der Waals surface area contributed by atoms with E-state index in [9.17, 15) is 18.0 Å². The van der Waals surface area contributed by atoms with Gasteiger partial charge < -0.3 is 14.2 Å². The van der Waals surface area contributed by atoms with Gasteiger partial charge in [-0.3, -0.25) is 4.72 Å². The number of carbonyl (C=O) groups excluding carboxylic acids is 1. The van der Waals surface area contributed by atoms with Crippen molar-refractivity contribution in [1.82, 2.24) is 4.72 Å². The van der Waals surface area contributed by atoms with Crippen molar-refractivity contribution in [2.24, 2.45) is 0 Å². The molecule has 126 valence electrons. The molecule has 1 aromatic carbocycles. The summed E-state index contributed by atoms with van der Waals surface area (Å²) in [6.45, 7) is 1.36. The summed E-state index contributed by atoms with van der Waals surface area (Å²) in [6, 6.07) is 5.94. The minimum atomic E-state index is -4.53. The number of carbonyl (C=O) groups is 1. The van der Waals surface area contributed by atoms with E-state index >= 15 is 0 Å². The number of nitrogens with one attached hydrogen (secondary N) is 1. The van der Waals surface area contributed by atoms with Crippen LogP contribution in [0.15, 0.2) is 18.2 Å². The quantitative estimate of drug-likeness (QED) is 0.631. The van der Waals surface area contributed by atoms with Crippen molar-refractivity contribution in [1.29, 1.82) is 0 Å². The Morgan fingerprint density at radius 3 is 2.26 bits per heavy atom. The van der Waals surface area contributed by atoms with Gasteiger partial charge in [0.25, 0.3) is 0 Å². The van der Waals surface area contributed by atoms with E-state index in [2.05, 4.69) is 0 Å². The lowest BCUT2D eigenvalue weighted by Gasteiger charge is -2.09. The molecule has 2 aliphatic rings. The van der Waals surface area contributed by atoms with Crippen molar-refractivity contribution < 1.29 is 32.2 Å². The van der Waals surface area contributed by atoms with Gasteiger partial charge in [0.2, 0.25) is 0 Å². The summed E-state index contributed by atoms with van der Waals surface area (Å²) in [7, 11) is 0. The van der Waals surface area contributed by atoms with Crippen molar-refractivity contribution in [3.8, 4) is 0 Å². The zero-order chi connectivity index (χ0) is 16.4. The van der Waals surface area contributed by atoms with Gasteiger partial charge in [0.1, 0.15) is 12.2 Å². The van der Waals surface area contributed by atoms with Crippen LogP contribution in [0.25, 0.3) is 0 Å². The molecule has 9 heteroatoms. The average molecular weight is 349 g/mol. The van der Waals surface area contributed by atoms with Crippen LogP contribution in [-0.4, -0.2) is 31.4 Å². The van der Waals surface area contributed by atoms with E-state index in [1.54, 1.807) is 4.72 Å². The number of hydrogen-bond acceptors (Lipinski definition) is 5. The molecule has 0 bridgehead atoms. The van der Waals surface area contributed by atoms with Crippen LogP contribution < -0.4 is 4.72 Å². The molecule has 2 aliphatic heterocycles. The smallest absolute Gasteiger partial charge is 0.449 e. The Kier molecular flexibility index (Phi) is 4.69. The highest BCUT2D eigenvalue weighted by Crippen LogP contribution is 2.36. The Balaban J connectivity index is 1.50. The molecule has 2 unspecified atom stereocenters. The van der Waals surface area contributed by atoms with Crippen molar-refractivity contribution in [3.63, 3.8) is 0 Å². The largest absolute Gasteiger partial charge is 0.461 e. The zero-order valence-corrected chi connectivity index (χ0v) is 12.7. The predicted octanol–water partition coefficient (Wildman–Crippen LogP) is 3.27. The third kappa shape index (κ3) is 5.29. The van der Waals surface area contributed by atoms with Crippen LogP contribution in [0.4, 0.5) is 18.0 Å². The number of benzene rings is 1. The van der Waals surface area contributed by atoms with Crippen molar-refractivity contribution in [2.45, 2.75) is 24.1 Å². The van der Waals surface area contributed by atoms with Gasteiger partial charge in [-0.15, -0.1) is 0 Å². The molecule has 0 aliphatic carbocycles. The third-order valence-corrected chi connectivity index (χ3v) is 3.82. The number of hydrogen-bond donors (Lipinski definition) is 1. The highest BCUT2D eigenvalue weighted by atomic mass is 32.2. The molecule has 1 aromatic rings. The van der Waals surface area contributed by atoms with Gasteiger partial charge in [0.05, 0.1) is 31.8 Å². The van der Waals surface area contributed by atoms with Gasteiger partial charge in [-0.2, -0.15) is 13.2 Å². The highest BCUT2D eigenvalue weighted by Gasteiger charge is 2.31. The minimum Gasteiger partial charge on any atom is -0.449 e. The monoisotopic (exact) mass is 349 g/mol. The molecule has 3 rings (SSSR count). The first-order valence-corrected chi connectivity index (χ1v) is 7.77. The second-order valence-electron chi connectivity index (χ2n) is 5.19. The van der Waals surface area contributed by atoms with E-state index < -0.39 is 23.5 Å². The summed E-state index contributed by atoms with van der Waals surface area (Å²) < 4.78 is 52.6. The number of alkyl halides is 3. The minimum absolute atomic E-state index is 0.00973. The number of amides is 1. The van der Waals surface area contributed by atoms with Crippen LogP contribution in [0.5, 0.6) is 0 Å². The summed E-state index contributed by atoms with van der Waals surface area (Å²) in [5, 5.41) is 0. The molecule has 2 saturated heterocycles. The lowest BCUT2D eigenvalue weighted by Crippen LogP contribution is -2.22. The first kappa shape index (κ1) is 16.4. The van der Waals surface area contributed by atoms with E-state index in [-0.39, 0.29) is 18.8 Å². The fourth-order valence-electron chi connectivity index (χ4n) is 2.13. The number of rotatable bonds is 6. The molecule has 0 spiro atoms. The van der Waals surface area contributed by atoms with Gasteiger partial charge in [-0.1, -0.05) is 18.2 Å². The fourth-order valence-corrected chi connectivity index (χ4v) is 2.39. The van der Waals surface area contributed by atoms with Crippen molar-refractivity contribution in [2.75, 3.05) is 19.8 Å². The Bertz CT molecular complexity index is 558. The Morgan fingerprint density at radius 1 is 1.22 bits per heavy atom. The standard InChI is InChI=1S/C14H14F3NO4S/c15-14(16,17)23-18-13(19)20-2-1-8-3-9(11-6-21-11)5-10(4-8)12-7-22-12/h3-5,11-12H,1-2,6-7H2,(H,18,19). The SMILES string of the molecule is O=C(NSC(F)(F)F)OCCc1cc(C2CO2)cc(C2CO2)c1. The van der Waals surface area contributed by atoms with E-state index in [4.69, 9.17) is 14.2 Å². The number of ether oxygens (including phenoxy) is 3. The molecular formula is C14H14F3NO4S. The normalized spacial score (nSPS) is 22.6. The summed E-state index contributed by atoms with van der Waals surface area (Å²) >= 11 is -0.640. The van der Waals surface area contributed by atoms with Gasteiger partial charge in [-0.25, -0.2) is 4.79 Å². The topological polar surface area (TPSA) is 63.4 Å². The highest BCUT2D eigenvalue weighted by molar-refractivity contribution is 7.98. The maximum atomic E-state index is 11.9. The lowest BCUT2D eigenvalue weighted by atomic mass is 10.0. The van der Waals surface area contributed by atoms with E-state index in [1.807, 2.05) is 18.2 Å². The van der Waals surface area contributed by atoms with Crippen LogP contribution in [0, 0.1) is 0 Å². The van der Waals surface area contributed by atoms with Gasteiger partial charge in [-0.05, 0) is 16.7 Å². The van der Waals surface area contributed by atoms with Crippen LogP contribution in [0.2, 0.25) is 0 Å². The predicted molar refractivity (Wildman–Crippen MR) is 75.7 cm³/mol. The van der Waals surface area contributed by atoms with Gasteiger partial charge in [0.15, 0.2) is 0 Å². The van der Waals surface area contributed by atoms with Gasteiger partial charge >= 0.3 is 11.6 Å². The van der Waals surface area contributed by atoms with Gasteiger partial charge in [0, 0.05) is 6.42 Å². The molecule has 2 heterocycles. The van der Waals surface area contributed by atoms with E-state index in [0.717, 1.165) is 16.7 Å². The second-order valence-corrected chi connectivity index (χ2v) is 6.06. The first-order chi connectivity index (χ1) is 10.9. The molecule has 0 saturated carbocycles. The maximum absolute atomic E-state index is 11.9.